The Morgan fingerprint density at radius 3 is 2.34 bits per heavy atom. The number of nitrogens with zero attached hydrogens (tertiary/aromatic N) is 1. The molecular weight excluding hydrogens is 416 g/mol. The molecular formula is C23H28N2O7. The van der Waals surface area contributed by atoms with E-state index in [2.05, 4.69) is 5.32 Å². The summed E-state index contributed by atoms with van der Waals surface area (Å²) in [6.07, 6.45) is -0.209. The molecule has 1 atom stereocenters. The van der Waals surface area contributed by atoms with Crippen LogP contribution in [0.4, 0.5) is 0 Å². The quantitative estimate of drug-likeness (QED) is 0.452. The smallest absolute Gasteiger partial charge is 0.220 e. The van der Waals surface area contributed by atoms with Gasteiger partial charge in [-0.2, -0.15) is 5.26 Å². The Morgan fingerprint density at radius 1 is 1.03 bits per heavy atom. The predicted molar refractivity (Wildman–Crippen MR) is 116 cm³/mol. The molecule has 2 N–H and O–H groups in total. The van der Waals surface area contributed by atoms with Crippen molar-refractivity contribution in [3.63, 3.8) is 0 Å². The molecule has 2 aromatic carbocycles. The van der Waals surface area contributed by atoms with Crippen molar-refractivity contribution >= 4 is 5.91 Å². The van der Waals surface area contributed by atoms with Gasteiger partial charge in [-0.3, -0.25) is 4.79 Å². The second-order valence-corrected chi connectivity index (χ2v) is 6.69. The highest BCUT2D eigenvalue weighted by molar-refractivity contribution is 5.75. The Morgan fingerprint density at radius 2 is 1.72 bits per heavy atom. The third kappa shape index (κ3) is 7.25. The van der Waals surface area contributed by atoms with Gasteiger partial charge in [0, 0.05) is 19.0 Å². The standard InChI is InChI=1S/C23H28N2O7/c1-28-19-6-4-7-20(29-2)23(19)32-15-17(26)14-25-22(27)8-5-11-31-18-10-9-16(13-24)12-21(18)30-3/h4,6-7,9-10,12,17,26H,5,8,11,14-15H2,1-3H3,(H,25,27). The van der Waals surface area contributed by atoms with E-state index in [4.69, 9.17) is 28.9 Å². The number of hydrogen-bond acceptors (Lipinski definition) is 8. The highest BCUT2D eigenvalue weighted by Gasteiger charge is 2.14. The van der Waals surface area contributed by atoms with Crippen molar-refractivity contribution in [2.24, 2.45) is 0 Å². The summed E-state index contributed by atoms with van der Waals surface area (Å²) in [6.45, 7) is 0.300. The maximum Gasteiger partial charge on any atom is 0.220 e. The fourth-order valence-corrected chi connectivity index (χ4v) is 2.79. The molecule has 0 saturated carbocycles. The van der Waals surface area contributed by atoms with Gasteiger partial charge in [-0.25, -0.2) is 0 Å². The maximum absolute atomic E-state index is 12.0. The Labute approximate surface area is 187 Å². The Bertz CT molecular complexity index is 905. The number of aliphatic hydroxyl groups excluding tert-OH is 1. The summed E-state index contributed by atoms with van der Waals surface area (Å²) in [4.78, 5) is 12.0. The lowest BCUT2D eigenvalue weighted by Gasteiger charge is -2.17. The van der Waals surface area contributed by atoms with Crippen LogP contribution in [0.2, 0.25) is 0 Å². The van der Waals surface area contributed by atoms with Gasteiger partial charge in [0.05, 0.1) is 39.6 Å². The summed E-state index contributed by atoms with van der Waals surface area (Å²) in [5, 5.41) is 21.7. The molecule has 1 unspecified atom stereocenters. The third-order valence-electron chi connectivity index (χ3n) is 4.44. The first-order valence-corrected chi connectivity index (χ1v) is 10.0. The average molecular weight is 444 g/mol. The van der Waals surface area contributed by atoms with Crippen molar-refractivity contribution in [2.45, 2.75) is 18.9 Å². The zero-order valence-corrected chi connectivity index (χ0v) is 18.4. The van der Waals surface area contributed by atoms with E-state index in [9.17, 15) is 9.90 Å². The molecule has 0 aliphatic heterocycles. The van der Waals surface area contributed by atoms with Crippen molar-refractivity contribution in [3.05, 3.63) is 42.0 Å². The monoisotopic (exact) mass is 444 g/mol. The van der Waals surface area contributed by atoms with E-state index in [0.29, 0.717) is 47.3 Å². The zero-order chi connectivity index (χ0) is 23.3. The van der Waals surface area contributed by atoms with Crippen molar-refractivity contribution in [1.82, 2.24) is 5.32 Å². The fourth-order valence-electron chi connectivity index (χ4n) is 2.79. The van der Waals surface area contributed by atoms with Gasteiger partial charge >= 0.3 is 0 Å². The number of nitrogens with one attached hydrogen (secondary N) is 1. The second-order valence-electron chi connectivity index (χ2n) is 6.69. The van der Waals surface area contributed by atoms with Crippen LogP contribution in [-0.2, 0) is 4.79 Å². The lowest BCUT2D eigenvalue weighted by Crippen LogP contribution is -2.35. The minimum atomic E-state index is -0.910. The number of nitriles is 1. The molecule has 0 aliphatic rings. The highest BCUT2D eigenvalue weighted by atomic mass is 16.5. The summed E-state index contributed by atoms with van der Waals surface area (Å²) in [5.74, 6) is 2.11. The van der Waals surface area contributed by atoms with Gasteiger partial charge in [0.25, 0.3) is 0 Å². The van der Waals surface area contributed by atoms with E-state index in [-0.39, 0.29) is 25.5 Å². The molecule has 9 nitrogen and oxygen atoms in total. The minimum Gasteiger partial charge on any atom is -0.493 e. The molecule has 1 amide bonds. The molecule has 2 rings (SSSR count). The second kappa shape index (κ2) is 12.9. The average Bonchev–Trinajstić information content (AvgIpc) is 2.83. The molecule has 172 valence electrons. The molecule has 2 aromatic rings. The van der Waals surface area contributed by atoms with Crippen molar-refractivity contribution < 1.29 is 33.6 Å². The largest absolute Gasteiger partial charge is 0.493 e. The molecule has 0 saturated heterocycles. The molecule has 0 radical (unpaired) electrons. The van der Waals surface area contributed by atoms with Crippen molar-refractivity contribution in [3.8, 4) is 34.8 Å². The normalized spacial score (nSPS) is 11.1. The molecule has 0 aromatic heterocycles. The Balaban J connectivity index is 1.70. The lowest BCUT2D eigenvalue weighted by molar-refractivity contribution is -0.121. The van der Waals surface area contributed by atoms with Crippen molar-refractivity contribution in [1.29, 1.82) is 5.26 Å². The lowest BCUT2D eigenvalue weighted by atomic mass is 10.2. The molecule has 0 heterocycles. The van der Waals surface area contributed by atoms with Crippen LogP contribution < -0.4 is 29.0 Å². The number of rotatable bonds is 13. The zero-order valence-electron chi connectivity index (χ0n) is 18.4. The summed E-state index contributed by atoms with van der Waals surface area (Å²) in [7, 11) is 4.52. The first kappa shape index (κ1) is 24.6. The van der Waals surface area contributed by atoms with Gasteiger partial charge in [0.15, 0.2) is 23.0 Å². The van der Waals surface area contributed by atoms with Gasteiger partial charge in [0.1, 0.15) is 12.7 Å². The van der Waals surface area contributed by atoms with Crippen LogP contribution in [0.15, 0.2) is 36.4 Å². The Kier molecular flexibility index (Phi) is 9.94. The molecule has 0 fully saturated rings. The van der Waals surface area contributed by atoms with E-state index in [1.165, 1.54) is 21.3 Å². The number of para-hydroxylation sites is 1. The van der Waals surface area contributed by atoms with Gasteiger partial charge in [-0.15, -0.1) is 0 Å². The predicted octanol–water partition coefficient (Wildman–Crippen LogP) is 2.30. The SMILES string of the molecule is COc1cc(C#N)ccc1OCCCC(=O)NCC(O)COc1c(OC)cccc1OC. The topological polar surface area (TPSA) is 119 Å². The number of benzene rings is 2. The van der Waals surface area contributed by atoms with Gasteiger partial charge in [0.2, 0.25) is 11.7 Å². The summed E-state index contributed by atoms with van der Waals surface area (Å²) >= 11 is 0. The Hall–Kier alpha value is -3.64. The number of carbonyl (C=O) groups is 1. The number of hydrogen-bond donors (Lipinski definition) is 2. The first-order chi connectivity index (χ1) is 15.5. The fraction of sp³-hybridized carbons (Fsp3) is 0.391. The van der Waals surface area contributed by atoms with Crippen LogP contribution >= 0.6 is 0 Å². The van der Waals surface area contributed by atoms with Crippen LogP contribution in [0.3, 0.4) is 0 Å². The molecule has 0 spiro atoms. The van der Waals surface area contributed by atoms with Crippen LogP contribution in [-0.4, -0.2) is 58.2 Å². The first-order valence-electron chi connectivity index (χ1n) is 10.0. The third-order valence-corrected chi connectivity index (χ3v) is 4.44. The van der Waals surface area contributed by atoms with Crippen LogP contribution in [0.25, 0.3) is 0 Å². The van der Waals surface area contributed by atoms with E-state index < -0.39 is 6.10 Å². The van der Waals surface area contributed by atoms with E-state index in [1.807, 2.05) is 6.07 Å². The highest BCUT2D eigenvalue weighted by Crippen LogP contribution is 2.36. The maximum atomic E-state index is 12.0. The molecule has 32 heavy (non-hydrogen) atoms. The van der Waals surface area contributed by atoms with E-state index in [0.717, 1.165) is 0 Å². The van der Waals surface area contributed by atoms with E-state index in [1.54, 1.807) is 36.4 Å². The van der Waals surface area contributed by atoms with Crippen LogP contribution in [0.5, 0.6) is 28.7 Å². The number of aliphatic hydroxyl groups is 1. The van der Waals surface area contributed by atoms with Gasteiger partial charge < -0.3 is 34.1 Å². The molecule has 0 aliphatic carbocycles. The van der Waals surface area contributed by atoms with E-state index >= 15 is 0 Å². The summed E-state index contributed by atoms with van der Waals surface area (Å²) in [5.41, 5.74) is 0.472. The van der Waals surface area contributed by atoms with Crippen LogP contribution in [0.1, 0.15) is 18.4 Å². The number of amides is 1. The van der Waals surface area contributed by atoms with Crippen LogP contribution in [0, 0.1) is 11.3 Å². The number of carbonyl (C=O) groups excluding carboxylic acids is 1. The van der Waals surface area contributed by atoms with Crippen molar-refractivity contribution in [2.75, 3.05) is 41.1 Å². The number of ether oxygens (including phenoxy) is 5. The van der Waals surface area contributed by atoms with Gasteiger partial charge in [-0.05, 0) is 30.7 Å². The molecule has 0 bridgehead atoms. The summed E-state index contributed by atoms with van der Waals surface area (Å²) < 4.78 is 26.9. The molecule has 9 heteroatoms. The summed E-state index contributed by atoms with van der Waals surface area (Å²) in [6, 6.07) is 12.1. The van der Waals surface area contributed by atoms with Gasteiger partial charge in [-0.1, -0.05) is 6.07 Å². The minimum absolute atomic E-state index is 0.0423. The number of methoxy groups -OCH3 is 3.